The van der Waals surface area contributed by atoms with Crippen molar-refractivity contribution in [1.82, 2.24) is 0 Å². The molecule has 1 amide bonds. The Balaban J connectivity index is 3.10. The van der Waals surface area contributed by atoms with Gasteiger partial charge in [0.05, 0.1) is 5.69 Å². The molecule has 0 bridgehead atoms. The highest BCUT2D eigenvalue weighted by Gasteiger charge is 2.20. The van der Waals surface area contributed by atoms with Crippen molar-refractivity contribution in [3.8, 4) is 0 Å². The summed E-state index contributed by atoms with van der Waals surface area (Å²) in [6, 6.07) is 6.05. The van der Waals surface area contributed by atoms with Gasteiger partial charge >= 0.3 is 0 Å². The van der Waals surface area contributed by atoms with Crippen LogP contribution in [0.1, 0.15) is 13.8 Å². The van der Waals surface area contributed by atoms with Gasteiger partial charge < -0.3 is 4.90 Å². The number of para-hydroxylation sites is 1. The van der Waals surface area contributed by atoms with Crippen LogP contribution in [0.3, 0.4) is 0 Å². The number of halogens is 2. The van der Waals surface area contributed by atoms with Gasteiger partial charge in [0.25, 0.3) is 0 Å². The third-order valence-electron chi connectivity index (χ3n) is 2.01. The lowest BCUT2D eigenvalue weighted by atomic mass is 10.2. The first kappa shape index (κ1) is 12.0. The predicted octanol–water partition coefficient (Wildman–Crippen LogP) is 2.81. The molecule has 0 heterocycles. The zero-order valence-electron chi connectivity index (χ0n) is 8.71. The molecule has 0 aliphatic rings. The number of rotatable bonds is 3. The largest absolute Gasteiger partial charge is 0.306 e. The maximum Gasteiger partial charge on any atom is 0.242 e. The van der Waals surface area contributed by atoms with Gasteiger partial charge in [0, 0.05) is 6.04 Å². The first-order valence-electron chi connectivity index (χ1n) is 4.70. The molecule has 82 valence electrons. The molecule has 0 N–H and O–H groups in total. The summed E-state index contributed by atoms with van der Waals surface area (Å²) in [6.45, 7) is 3.63. The van der Waals surface area contributed by atoms with E-state index in [2.05, 4.69) is 0 Å². The second-order valence-corrected chi connectivity index (χ2v) is 3.71. The SMILES string of the molecule is CC(C)N(C(=O)CCl)c1ccccc1F. The summed E-state index contributed by atoms with van der Waals surface area (Å²) >= 11 is 5.48. The van der Waals surface area contributed by atoms with E-state index in [1.165, 1.54) is 11.0 Å². The molecular weight excluding hydrogens is 217 g/mol. The van der Waals surface area contributed by atoms with Crippen molar-refractivity contribution in [3.63, 3.8) is 0 Å². The van der Waals surface area contributed by atoms with Crippen LogP contribution in [-0.2, 0) is 4.79 Å². The van der Waals surface area contributed by atoms with Crippen molar-refractivity contribution in [2.45, 2.75) is 19.9 Å². The molecule has 0 radical (unpaired) electrons. The molecule has 1 aromatic carbocycles. The average Bonchev–Trinajstić information content (AvgIpc) is 2.20. The van der Waals surface area contributed by atoms with Crippen LogP contribution >= 0.6 is 11.6 Å². The highest BCUT2D eigenvalue weighted by atomic mass is 35.5. The Bertz CT molecular complexity index is 354. The Labute approximate surface area is 93.6 Å². The molecule has 0 atom stereocenters. The minimum atomic E-state index is -0.412. The second-order valence-electron chi connectivity index (χ2n) is 3.44. The quantitative estimate of drug-likeness (QED) is 0.730. The number of hydrogen-bond acceptors (Lipinski definition) is 1. The van der Waals surface area contributed by atoms with Crippen LogP contribution < -0.4 is 4.90 Å². The fourth-order valence-corrected chi connectivity index (χ4v) is 1.54. The molecule has 0 aliphatic carbocycles. The van der Waals surface area contributed by atoms with Crippen LogP contribution in [-0.4, -0.2) is 17.8 Å². The van der Waals surface area contributed by atoms with E-state index >= 15 is 0 Å². The third kappa shape index (κ3) is 2.69. The van der Waals surface area contributed by atoms with Crippen molar-refractivity contribution in [2.75, 3.05) is 10.8 Å². The van der Waals surface area contributed by atoms with Crippen LogP contribution in [0.4, 0.5) is 10.1 Å². The van der Waals surface area contributed by atoms with Crippen molar-refractivity contribution in [3.05, 3.63) is 30.1 Å². The van der Waals surface area contributed by atoms with Gasteiger partial charge in [-0.2, -0.15) is 0 Å². The van der Waals surface area contributed by atoms with Crippen LogP contribution in [0, 0.1) is 5.82 Å². The van der Waals surface area contributed by atoms with E-state index < -0.39 is 5.82 Å². The summed E-state index contributed by atoms with van der Waals surface area (Å²) in [5.41, 5.74) is 0.276. The summed E-state index contributed by atoms with van der Waals surface area (Å²) in [6.07, 6.45) is 0. The van der Waals surface area contributed by atoms with Gasteiger partial charge in [0.15, 0.2) is 0 Å². The van der Waals surface area contributed by atoms with E-state index in [1.807, 2.05) is 13.8 Å². The molecular formula is C11H13ClFNO. The molecule has 0 saturated carbocycles. The first-order valence-corrected chi connectivity index (χ1v) is 5.24. The van der Waals surface area contributed by atoms with Crippen LogP contribution in [0.25, 0.3) is 0 Å². The fraction of sp³-hybridized carbons (Fsp3) is 0.364. The number of amides is 1. The summed E-state index contributed by atoms with van der Waals surface area (Å²) < 4.78 is 13.5. The van der Waals surface area contributed by atoms with E-state index in [4.69, 9.17) is 11.6 Å². The number of benzene rings is 1. The monoisotopic (exact) mass is 229 g/mol. The maximum absolute atomic E-state index is 13.5. The van der Waals surface area contributed by atoms with E-state index in [9.17, 15) is 9.18 Å². The number of carbonyl (C=O) groups excluding carboxylic acids is 1. The van der Waals surface area contributed by atoms with Crippen molar-refractivity contribution in [2.24, 2.45) is 0 Å². The fourth-order valence-electron chi connectivity index (χ4n) is 1.41. The van der Waals surface area contributed by atoms with Gasteiger partial charge in [-0.3, -0.25) is 4.79 Å². The number of alkyl halides is 1. The number of carbonyl (C=O) groups is 1. The van der Waals surface area contributed by atoms with Crippen molar-refractivity contribution >= 4 is 23.2 Å². The van der Waals surface area contributed by atoms with Crippen LogP contribution in [0.5, 0.6) is 0 Å². The lowest BCUT2D eigenvalue weighted by molar-refractivity contribution is -0.116. The smallest absolute Gasteiger partial charge is 0.242 e. The topological polar surface area (TPSA) is 20.3 Å². The Morgan fingerprint density at radius 2 is 2.07 bits per heavy atom. The summed E-state index contributed by atoms with van der Waals surface area (Å²) in [5, 5.41) is 0. The summed E-state index contributed by atoms with van der Waals surface area (Å²) in [7, 11) is 0. The second kappa shape index (κ2) is 5.12. The molecule has 1 aromatic rings. The molecule has 0 aliphatic heterocycles. The molecule has 0 saturated heterocycles. The minimum Gasteiger partial charge on any atom is -0.306 e. The van der Waals surface area contributed by atoms with Crippen LogP contribution in [0.15, 0.2) is 24.3 Å². The van der Waals surface area contributed by atoms with Gasteiger partial charge in [-0.25, -0.2) is 4.39 Å². The van der Waals surface area contributed by atoms with Gasteiger partial charge in [-0.05, 0) is 26.0 Å². The minimum absolute atomic E-state index is 0.117. The number of hydrogen-bond donors (Lipinski definition) is 0. The van der Waals surface area contributed by atoms with E-state index in [1.54, 1.807) is 18.2 Å². The molecule has 2 nitrogen and oxygen atoms in total. The van der Waals surface area contributed by atoms with Gasteiger partial charge in [-0.1, -0.05) is 12.1 Å². The van der Waals surface area contributed by atoms with E-state index in [0.29, 0.717) is 0 Å². The third-order valence-corrected chi connectivity index (χ3v) is 2.24. The zero-order valence-corrected chi connectivity index (χ0v) is 9.46. The standard InChI is InChI=1S/C11H13ClFNO/c1-8(2)14(11(15)7-12)10-6-4-3-5-9(10)13/h3-6,8H,7H2,1-2H3. The molecule has 1 rings (SSSR count). The van der Waals surface area contributed by atoms with E-state index in [-0.39, 0.29) is 23.5 Å². The summed E-state index contributed by atoms with van der Waals surface area (Å²) in [5.74, 6) is -0.853. The predicted molar refractivity (Wildman–Crippen MR) is 59.7 cm³/mol. The van der Waals surface area contributed by atoms with E-state index in [0.717, 1.165) is 0 Å². The Hall–Kier alpha value is -1.09. The molecule has 0 spiro atoms. The van der Waals surface area contributed by atoms with Gasteiger partial charge in [0.1, 0.15) is 11.7 Å². The summed E-state index contributed by atoms with van der Waals surface area (Å²) in [4.78, 5) is 12.9. The molecule has 0 unspecified atom stereocenters. The number of nitrogens with zero attached hydrogens (tertiary/aromatic N) is 1. The Morgan fingerprint density at radius 1 is 1.47 bits per heavy atom. The van der Waals surface area contributed by atoms with Crippen molar-refractivity contribution in [1.29, 1.82) is 0 Å². The average molecular weight is 230 g/mol. The maximum atomic E-state index is 13.5. The zero-order chi connectivity index (χ0) is 11.4. The number of anilines is 1. The lowest BCUT2D eigenvalue weighted by Gasteiger charge is -2.26. The van der Waals surface area contributed by atoms with Crippen LogP contribution in [0.2, 0.25) is 0 Å². The molecule has 0 fully saturated rings. The highest BCUT2D eigenvalue weighted by Crippen LogP contribution is 2.21. The normalized spacial score (nSPS) is 10.5. The lowest BCUT2D eigenvalue weighted by Crippen LogP contribution is -2.38. The van der Waals surface area contributed by atoms with Gasteiger partial charge in [-0.15, -0.1) is 11.6 Å². The first-order chi connectivity index (χ1) is 7.07. The molecule has 0 aromatic heterocycles. The highest BCUT2D eigenvalue weighted by molar-refractivity contribution is 6.29. The Morgan fingerprint density at radius 3 is 2.53 bits per heavy atom. The molecule has 4 heteroatoms. The van der Waals surface area contributed by atoms with Crippen molar-refractivity contribution < 1.29 is 9.18 Å². The molecule has 15 heavy (non-hydrogen) atoms. The Kier molecular flexibility index (Phi) is 4.09. The van der Waals surface area contributed by atoms with Gasteiger partial charge in [0.2, 0.25) is 5.91 Å².